The number of anilines is 1. The molecule has 2 N–H and O–H groups in total. The Bertz CT molecular complexity index is 2130. The Morgan fingerprint density at radius 2 is 2.08 bits per heavy atom. The number of hydrogen-bond donors (Lipinski definition) is 2. The lowest BCUT2D eigenvalue weighted by molar-refractivity contribution is -0.117. The van der Waals surface area contributed by atoms with E-state index in [0.717, 1.165) is 38.4 Å². The van der Waals surface area contributed by atoms with E-state index in [4.69, 9.17) is 9.47 Å². The van der Waals surface area contributed by atoms with Crippen LogP contribution >= 0.6 is 0 Å². The van der Waals surface area contributed by atoms with Crippen molar-refractivity contribution in [3.63, 3.8) is 0 Å². The first-order chi connectivity index (χ1) is 25.7. The Balaban J connectivity index is 1.08. The molecule has 0 saturated carbocycles. The highest BCUT2D eigenvalue weighted by Crippen LogP contribution is 2.41. The number of halogens is 4. The van der Waals surface area contributed by atoms with Crippen molar-refractivity contribution < 1.29 is 31.8 Å². The van der Waals surface area contributed by atoms with Gasteiger partial charge < -0.3 is 20.1 Å². The number of likely N-dealkylation sites (tertiary alicyclic amines) is 1. The molecular formula is C38H38F4N8O3. The molecule has 11 nitrogen and oxygen atoms in total. The molecule has 4 aromatic rings. The molecule has 0 aliphatic carbocycles. The zero-order valence-electron chi connectivity index (χ0n) is 28.8. The molecule has 2 unspecified atom stereocenters. The van der Waals surface area contributed by atoms with Crippen molar-refractivity contribution in [1.29, 1.82) is 5.26 Å². The topological polar surface area (TPSA) is 129 Å². The van der Waals surface area contributed by atoms with Crippen LogP contribution in [-0.2, 0) is 9.53 Å². The molecule has 0 radical (unpaired) electrons. The summed E-state index contributed by atoms with van der Waals surface area (Å²) in [5.74, 6) is -3.38. The number of carbonyl (C=O) groups excluding carboxylic acids is 1. The second kappa shape index (κ2) is 14.5. The summed E-state index contributed by atoms with van der Waals surface area (Å²) < 4.78 is 72.4. The van der Waals surface area contributed by atoms with Crippen LogP contribution in [0.5, 0.6) is 6.01 Å². The predicted molar refractivity (Wildman–Crippen MR) is 188 cm³/mol. The van der Waals surface area contributed by atoms with E-state index in [2.05, 4.69) is 41.5 Å². The Labute approximate surface area is 303 Å². The van der Waals surface area contributed by atoms with Gasteiger partial charge in [-0.2, -0.15) is 15.2 Å². The highest BCUT2D eigenvalue weighted by Gasteiger charge is 2.49. The minimum absolute atomic E-state index is 0.0321. The summed E-state index contributed by atoms with van der Waals surface area (Å²) in [6.07, 6.45) is 6.72. The lowest BCUT2D eigenvalue weighted by Gasteiger charge is -2.30. The fraction of sp³-hybridized carbons (Fsp3) is 0.447. The maximum Gasteiger partial charge on any atom is 0.319 e. The van der Waals surface area contributed by atoms with Gasteiger partial charge in [-0.1, -0.05) is 30.3 Å². The third-order valence-electron chi connectivity index (χ3n) is 10.9. The molecule has 4 fully saturated rings. The Hall–Kier alpha value is -4.91. The molecule has 2 aromatic heterocycles. The summed E-state index contributed by atoms with van der Waals surface area (Å²) in [6.45, 7) is 3.32. The second-order valence-corrected chi connectivity index (χ2v) is 14.3. The number of nitriles is 1. The standard InChI is InChI=1S/C38H38F4N8O3/c39-23-15-38(10-3-13-50(38)18-23)21-53-37-47-35-28(17-44-34(33(35)42)27-5-1-4-22-7-8-29(40)32(41)31(22)27)36(48-37)45-16-24(9-11-43)46-30(51)6-2-12-49-19-26-14-25(49)20-52-26/h1-2,4-8,17,23-26H,3,9-10,12-16,18-21H2,(H,46,51)(H,45,47,48)/b6-2+/t23-,24+,25?,26?,38+/m1/s1. The fourth-order valence-electron chi connectivity index (χ4n) is 8.33. The lowest BCUT2D eigenvalue weighted by atomic mass is 9.95. The van der Waals surface area contributed by atoms with Gasteiger partial charge in [0.2, 0.25) is 5.91 Å². The predicted octanol–water partition coefficient (Wildman–Crippen LogP) is 5.06. The quantitative estimate of drug-likeness (QED) is 0.151. The molecule has 2 aromatic carbocycles. The lowest BCUT2D eigenvalue weighted by Crippen LogP contribution is -2.43. The van der Waals surface area contributed by atoms with Crippen LogP contribution in [0.1, 0.15) is 32.1 Å². The first-order valence-corrected chi connectivity index (χ1v) is 17.9. The summed E-state index contributed by atoms with van der Waals surface area (Å²) in [5, 5.41) is 15.9. The van der Waals surface area contributed by atoms with Gasteiger partial charge in [-0.25, -0.2) is 17.6 Å². The van der Waals surface area contributed by atoms with Crippen LogP contribution in [0.15, 0.2) is 48.7 Å². The van der Waals surface area contributed by atoms with Crippen molar-refractivity contribution in [3.05, 3.63) is 66.1 Å². The number of benzene rings is 2. The van der Waals surface area contributed by atoms with E-state index in [9.17, 15) is 18.8 Å². The van der Waals surface area contributed by atoms with Crippen LogP contribution in [0.4, 0.5) is 23.4 Å². The minimum atomic E-state index is -1.13. The van der Waals surface area contributed by atoms with Crippen molar-refractivity contribution >= 4 is 33.4 Å². The Morgan fingerprint density at radius 1 is 1.19 bits per heavy atom. The van der Waals surface area contributed by atoms with E-state index < -0.39 is 35.2 Å². The number of nitrogens with one attached hydrogen (secondary N) is 2. The maximum absolute atomic E-state index is 16.6. The SMILES string of the molecule is N#CC[C@@H](CNc1nc(OC[C@@]23CCCN2C[C@H](F)C3)nc2c(F)c(-c3cccc4ccc(F)c(F)c34)ncc12)NC(=O)/C=C/CN1CC2CC1CO2. The van der Waals surface area contributed by atoms with Gasteiger partial charge in [0.1, 0.15) is 29.8 Å². The number of fused-ring (bicyclic) bond motifs is 5. The number of ether oxygens (including phenoxy) is 2. The molecule has 53 heavy (non-hydrogen) atoms. The molecule has 276 valence electrons. The highest BCUT2D eigenvalue weighted by molar-refractivity contribution is 5.99. The molecule has 4 saturated heterocycles. The second-order valence-electron chi connectivity index (χ2n) is 14.3. The summed E-state index contributed by atoms with van der Waals surface area (Å²) in [5.41, 5.74) is -0.951. The van der Waals surface area contributed by atoms with Crippen molar-refractivity contribution in [2.24, 2.45) is 0 Å². The number of aromatic nitrogens is 3. The van der Waals surface area contributed by atoms with E-state index in [0.29, 0.717) is 37.5 Å². The molecular weight excluding hydrogens is 692 g/mol. The van der Waals surface area contributed by atoms with Crippen LogP contribution in [0.25, 0.3) is 32.9 Å². The van der Waals surface area contributed by atoms with Crippen molar-refractivity contribution in [2.75, 3.05) is 51.3 Å². The number of rotatable bonds is 12. The van der Waals surface area contributed by atoms with Crippen LogP contribution in [0.3, 0.4) is 0 Å². The van der Waals surface area contributed by atoms with Gasteiger partial charge in [0, 0.05) is 61.9 Å². The normalized spacial score (nSPS) is 24.6. The first-order valence-electron chi connectivity index (χ1n) is 17.9. The van der Waals surface area contributed by atoms with Crippen LogP contribution in [0.2, 0.25) is 0 Å². The van der Waals surface area contributed by atoms with Crippen LogP contribution in [0, 0.1) is 28.8 Å². The van der Waals surface area contributed by atoms with Crippen LogP contribution < -0.4 is 15.4 Å². The zero-order chi connectivity index (χ0) is 36.7. The minimum Gasteiger partial charge on any atom is -0.461 e. The average molecular weight is 731 g/mol. The molecule has 5 atom stereocenters. The molecule has 0 spiro atoms. The largest absolute Gasteiger partial charge is 0.461 e. The number of morpholine rings is 1. The van der Waals surface area contributed by atoms with Gasteiger partial charge in [-0.3, -0.25) is 19.6 Å². The summed E-state index contributed by atoms with van der Waals surface area (Å²) in [6, 6.07) is 8.66. The number of carbonyl (C=O) groups is 1. The third kappa shape index (κ3) is 6.87. The van der Waals surface area contributed by atoms with Gasteiger partial charge in [-0.05, 0) is 37.3 Å². The smallest absolute Gasteiger partial charge is 0.319 e. The van der Waals surface area contributed by atoms with E-state index in [1.165, 1.54) is 24.4 Å². The Kier molecular flexibility index (Phi) is 9.61. The number of alkyl halides is 1. The van der Waals surface area contributed by atoms with Crippen LogP contribution in [-0.4, -0.2) is 106 Å². The van der Waals surface area contributed by atoms with E-state index in [1.807, 2.05) is 0 Å². The number of amides is 1. The fourth-order valence-corrected chi connectivity index (χ4v) is 8.33. The summed E-state index contributed by atoms with van der Waals surface area (Å²) >= 11 is 0. The summed E-state index contributed by atoms with van der Waals surface area (Å²) in [7, 11) is 0. The van der Waals surface area contributed by atoms with E-state index >= 15 is 8.78 Å². The van der Waals surface area contributed by atoms with Crippen molar-refractivity contribution in [1.82, 2.24) is 30.1 Å². The molecule has 1 amide bonds. The number of pyridine rings is 1. The number of nitrogens with zero attached hydrogens (tertiary/aromatic N) is 6. The highest BCUT2D eigenvalue weighted by atomic mass is 19.2. The molecule has 6 heterocycles. The zero-order valence-corrected chi connectivity index (χ0v) is 28.8. The molecule has 8 rings (SSSR count). The monoisotopic (exact) mass is 730 g/mol. The number of hydrogen-bond acceptors (Lipinski definition) is 10. The molecule has 15 heteroatoms. The average Bonchev–Trinajstić information content (AvgIpc) is 3.93. The van der Waals surface area contributed by atoms with E-state index in [-0.39, 0.29) is 71.0 Å². The van der Waals surface area contributed by atoms with Crippen molar-refractivity contribution in [2.45, 2.75) is 62.0 Å². The third-order valence-corrected chi connectivity index (χ3v) is 10.9. The van der Waals surface area contributed by atoms with Gasteiger partial charge in [0.25, 0.3) is 0 Å². The summed E-state index contributed by atoms with van der Waals surface area (Å²) in [4.78, 5) is 30.5. The van der Waals surface area contributed by atoms with E-state index in [1.54, 1.807) is 18.2 Å². The molecule has 4 aliphatic heterocycles. The van der Waals surface area contributed by atoms with Gasteiger partial charge in [-0.15, -0.1) is 0 Å². The van der Waals surface area contributed by atoms with Gasteiger partial charge in [0.15, 0.2) is 17.5 Å². The molecule has 2 bridgehead atoms. The van der Waals surface area contributed by atoms with Gasteiger partial charge >= 0.3 is 6.01 Å². The van der Waals surface area contributed by atoms with Gasteiger partial charge in [0.05, 0.1) is 42.2 Å². The van der Waals surface area contributed by atoms with Crippen molar-refractivity contribution in [3.8, 4) is 23.3 Å². The Morgan fingerprint density at radius 3 is 2.89 bits per heavy atom. The first kappa shape index (κ1) is 35.1. The maximum atomic E-state index is 16.6. The molecule has 4 aliphatic rings.